The molecule has 0 aliphatic carbocycles. The molecule has 0 unspecified atom stereocenters. The van der Waals surface area contributed by atoms with E-state index in [1.54, 1.807) is 35.2 Å². The SMILES string of the molecule is O=C(c1cc(-c2nc3cc(-c4cn(C(F)F)cn4)ccc3o2)ccn1)N1CCN([C@H](c2ccccc2)c2nnn(C(F)F)n2)CC1. The molecule has 1 atom stereocenters. The molecular weight excluding hydrogens is 608 g/mol. The number of nitrogens with zero attached hydrogens (tertiary/aromatic N) is 10. The number of alkyl halides is 4. The predicted octanol–water partition coefficient (Wildman–Crippen LogP) is 5.08. The van der Waals surface area contributed by atoms with Crippen LogP contribution in [0.25, 0.3) is 33.8 Å². The summed E-state index contributed by atoms with van der Waals surface area (Å²) < 4.78 is 59.0. The summed E-state index contributed by atoms with van der Waals surface area (Å²) in [6.45, 7) is -4.04. The Balaban J connectivity index is 1.07. The van der Waals surface area contributed by atoms with Crippen LogP contribution in [0.4, 0.5) is 17.6 Å². The topological polar surface area (TPSA) is 124 Å². The second kappa shape index (κ2) is 12.1. The van der Waals surface area contributed by atoms with Crippen LogP contribution in [0.3, 0.4) is 0 Å². The lowest BCUT2D eigenvalue weighted by Gasteiger charge is -2.38. The van der Waals surface area contributed by atoms with Crippen molar-refractivity contribution < 1.29 is 26.8 Å². The third kappa shape index (κ3) is 5.69. The lowest BCUT2D eigenvalue weighted by atomic mass is 10.0. The number of hydrogen-bond donors (Lipinski definition) is 0. The molecule has 1 aliphatic heterocycles. The summed E-state index contributed by atoms with van der Waals surface area (Å²) in [5, 5.41) is 11.3. The first-order valence-electron chi connectivity index (χ1n) is 14.2. The van der Waals surface area contributed by atoms with Crippen LogP contribution in [0, 0.1) is 0 Å². The van der Waals surface area contributed by atoms with Crippen LogP contribution in [0.2, 0.25) is 0 Å². The lowest BCUT2D eigenvalue weighted by Crippen LogP contribution is -2.50. The number of tetrazole rings is 1. The fourth-order valence-corrected chi connectivity index (χ4v) is 5.42. The van der Waals surface area contributed by atoms with E-state index in [1.807, 2.05) is 35.2 Å². The molecular formula is C30H24F4N10O2. The number of rotatable bonds is 8. The fraction of sp³-hybridized carbons (Fsp3) is 0.233. The van der Waals surface area contributed by atoms with E-state index in [4.69, 9.17) is 4.42 Å². The van der Waals surface area contributed by atoms with Crippen LogP contribution in [-0.4, -0.2) is 81.6 Å². The molecule has 1 saturated heterocycles. The van der Waals surface area contributed by atoms with E-state index in [9.17, 15) is 22.4 Å². The maximum Gasteiger partial charge on any atom is 0.350 e. The van der Waals surface area contributed by atoms with Gasteiger partial charge in [-0.25, -0.2) is 9.97 Å². The van der Waals surface area contributed by atoms with Crippen molar-refractivity contribution in [3.8, 4) is 22.7 Å². The van der Waals surface area contributed by atoms with Gasteiger partial charge in [-0.15, -0.1) is 10.2 Å². The van der Waals surface area contributed by atoms with Crippen molar-refractivity contribution in [2.75, 3.05) is 26.2 Å². The Morgan fingerprint density at radius 1 is 0.870 bits per heavy atom. The first-order valence-corrected chi connectivity index (χ1v) is 14.2. The van der Waals surface area contributed by atoms with Crippen molar-refractivity contribution in [3.63, 3.8) is 0 Å². The Labute approximate surface area is 257 Å². The number of carbonyl (C=O) groups is 1. The molecule has 1 aliphatic rings. The van der Waals surface area contributed by atoms with Gasteiger partial charge in [-0.2, -0.15) is 17.6 Å². The highest BCUT2D eigenvalue weighted by Crippen LogP contribution is 2.30. The van der Waals surface area contributed by atoms with Gasteiger partial charge in [0.1, 0.15) is 11.2 Å². The highest BCUT2D eigenvalue weighted by atomic mass is 19.3. The molecule has 0 saturated carbocycles. The molecule has 0 N–H and O–H groups in total. The van der Waals surface area contributed by atoms with Gasteiger partial charge in [0.2, 0.25) is 5.89 Å². The molecule has 46 heavy (non-hydrogen) atoms. The summed E-state index contributed by atoms with van der Waals surface area (Å²) in [6.07, 6.45) is 3.82. The number of oxazole rings is 1. The second-order valence-electron chi connectivity index (χ2n) is 10.5. The predicted molar refractivity (Wildman–Crippen MR) is 155 cm³/mol. The number of pyridine rings is 1. The number of piperazine rings is 1. The first kappa shape index (κ1) is 29.2. The molecule has 6 aromatic rings. The molecule has 0 bridgehead atoms. The molecule has 7 rings (SSSR count). The monoisotopic (exact) mass is 632 g/mol. The van der Waals surface area contributed by atoms with Crippen molar-refractivity contribution in [1.82, 2.24) is 49.5 Å². The van der Waals surface area contributed by atoms with Crippen molar-refractivity contribution in [2.24, 2.45) is 0 Å². The van der Waals surface area contributed by atoms with Crippen LogP contribution in [0.15, 0.2) is 83.8 Å². The van der Waals surface area contributed by atoms with Crippen molar-refractivity contribution >= 4 is 17.0 Å². The molecule has 0 radical (unpaired) electrons. The molecule has 4 aromatic heterocycles. The number of amides is 1. The van der Waals surface area contributed by atoms with Crippen molar-refractivity contribution in [2.45, 2.75) is 19.1 Å². The minimum Gasteiger partial charge on any atom is -0.436 e. The van der Waals surface area contributed by atoms with E-state index >= 15 is 0 Å². The standard InChI is InChI=1S/C30H24F4N10O2/c31-29(32)43-16-23(36-17-43)19-6-7-24-21(14-19)37-27(46-24)20-8-9-35-22(15-20)28(45)42-12-10-41(11-13-42)25(18-4-2-1-3-5-18)26-38-40-44(39-26)30(33)34/h1-9,14-17,25,29-30H,10-13H2/t25-/m1/s1. The Kier molecular flexibility index (Phi) is 7.69. The van der Waals surface area contributed by atoms with E-state index in [2.05, 4.69) is 30.4 Å². The molecule has 5 heterocycles. The third-order valence-electron chi connectivity index (χ3n) is 7.68. The van der Waals surface area contributed by atoms with Gasteiger partial charge < -0.3 is 9.32 Å². The van der Waals surface area contributed by atoms with Gasteiger partial charge in [0.15, 0.2) is 11.4 Å². The minimum absolute atomic E-state index is 0.147. The maximum atomic E-state index is 13.5. The second-order valence-corrected chi connectivity index (χ2v) is 10.5. The van der Waals surface area contributed by atoms with E-state index in [0.717, 1.165) is 11.9 Å². The summed E-state index contributed by atoms with van der Waals surface area (Å²) in [5.41, 5.74) is 3.50. The third-order valence-corrected chi connectivity index (χ3v) is 7.68. The summed E-state index contributed by atoms with van der Waals surface area (Å²) in [7, 11) is 0. The summed E-state index contributed by atoms with van der Waals surface area (Å²) in [4.78, 5) is 30.4. The maximum absolute atomic E-state index is 13.5. The summed E-state index contributed by atoms with van der Waals surface area (Å²) in [5.74, 6) is 0.128. The van der Waals surface area contributed by atoms with Gasteiger partial charge in [-0.1, -0.05) is 35.1 Å². The number of benzene rings is 2. The molecule has 1 amide bonds. The van der Waals surface area contributed by atoms with E-state index in [0.29, 0.717) is 58.7 Å². The Morgan fingerprint density at radius 2 is 1.67 bits per heavy atom. The average Bonchev–Trinajstić information content (AvgIpc) is 3.86. The number of aromatic nitrogens is 8. The molecule has 16 heteroatoms. The molecule has 1 fully saturated rings. The fourth-order valence-electron chi connectivity index (χ4n) is 5.42. The van der Waals surface area contributed by atoms with Crippen LogP contribution < -0.4 is 0 Å². The Hall–Kier alpha value is -5.51. The lowest BCUT2D eigenvalue weighted by molar-refractivity contribution is 0.0385. The minimum atomic E-state index is -2.91. The molecule has 2 aromatic carbocycles. The van der Waals surface area contributed by atoms with Crippen LogP contribution in [0.1, 0.15) is 41.0 Å². The Morgan fingerprint density at radius 3 is 2.39 bits per heavy atom. The number of carbonyl (C=O) groups excluding carboxylic acids is 1. The highest BCUT2D eigenvalue weighted by molar-refractivity contribution is 5.93. The summed E-state index contributed by atoms with van der Waals surface area (Å²) in [6, 6.07) is 17.1. The molecule has 12 nitrogen and oxygen atoms in total. The zero-order chi connectivity index (χ0) is 31.8. The zero-order valence-corrected chi connectivity index (χ0v) is 23.9. The van der Waals surface area contributed by atoms with E-state index in [-0.39, 0.29) is 28.1 Å². The van der Waals surface area contributed by atoms with Crippen LogP contribution in [0.5, 0.6) is 0 Å². The van der Waals surface area contributed by atoms with Gasteiger partial charge in [-0.05, 0) is 41.1 Å². The normalized spacial score (nSPS) is 14.9. The van der Waals surface area contributed by atoms with Crippen molar-refractivity contribution in [1.29, 1.82) is 0 Å². The number of halogens is 4. The first-order chi connectivity index (χ1) is 22.3. The van der Waals surface area contributed by atoms with E-state index < -0.39 is 19.1 Å². The van der Waals surface area contributed by atoms with Gasteiger partial charge in [0, 0.05) is 49.7 Å². The smallest absolute Gasteiger partial charge is 0.350 e. The van der Waals surface area contributed by atoms with Crippen LogP contribution in [-0.2, 0) is 0 Å². The molecule has 0 spiro atoms. The Bertz CT molecular complexity index is 1990. The summed E-state index contributed by atoms with van der Waals surface area (Å²) >= 11 is 0. The van der Waals surface area contributed by atoms with E-state index in [1.165, 1.54) is 12.4 Å². The van der Waals surface area contributed by atoms with Crippen molar-refractivity contribution in [3.05, 3.63) is 96.5 Å². The van der Waals surface area contributed by atoms with Crippen LogP contribution >= 0.6 is 0 Å². The molecule has 234 valence electrons. The van der Waals surface area contributed by atoms with Gasteiger partial charge in [0.05, 0.1) is 18.1 Å². The van der Waals surface area contributed by atoms with Gasteiger partial charge in [0.25, 0.3) is 5.91 Å². The zero-order valence-electron chi connectivity index (χ0n) is 23.9. The number of fused-ring (bicyclic) bond motifs is 1. The number of imidazole rings is 1. The van der Waals surface area contributed by atoms with Gasteiger partial charge in [-0.3, -0.25) is 19.2 Å². The average molecular weight is 633 g/mol. The largest absolute Gasteiger partial charge is 0.436 e. The number of hydrogen-bond acceptors (Lipinski definition) is 9. The highest BCUT2D eigenvalue weighted by Gasteiger charge is 2.32. The van der Waals surface area contributed by atoms with Gasteiger partial charge >= 0.3 is 13.1 Å². The quantitative estimate of drug-likeness (QED) is 0.212.